The minimum atomic E-state index is -1.05. The van der Waals surface area contributed by atoms with Crippen LogP contribution in [-0.2, 0) is 4.79 Å². The Morgan fingerprint density at radius 2 is 2.08 bits per heavy atom. The van der Waals surface area contributed by atoms with E-state index in [0.29, 0.717) is 19.4 Å². The molecule has 0 bridgehead atoms. The molecule has 1 unspecified atom stereocenters. The van der Waals surface area contributed by atoms with E-state index in [4.69, 9.17) is 21.7 Å². The summed E-state index contributed by atoms with van der Waals surface area (Å²) < 4.78 is 0. The van der Waals surface area contributed by atoms with Crippen LogP contribution in [0.1, 0.15) is 12.8 Å². The van der Waals surface area contributed by atoms with Crippen molar-refractivity contribution in [1.82, 2.24) is 5.32 Å². The molecule has 0 amide bonds. The van der Waals surface area contributed by atoms with E-state index < -0.39 is 18.4 Å². The third-order valence-corrected chi connectivity index (χ3v) is 1.36. The molecule has 12 heavy (non-hydrogen) atoms. The number of aliphatic carboxylic acids is 1. The molecule has 0 aliphatic rings. The molecule has 0 aromatic carbocycles. The van der Waals surface area contributed by atoms with Crippen molar-refractivity contribution < 1.29 is 15.0 Å². The molecule has 0 heterocycles. The summed E-state index contributed by atoms with van der Waals surface area (Å²) >= 11 is 0. The lowest BCUT2D eigenvalue weighted by Gasteiger charge is -2.08. The molecule has 0 saturated heterocycles. The van der Waals surface area contributed by atoms with E-state index in [1.54, 1.807) is 0 Å². The fraction of sp³-hybridized carbons (Fsp3) is 0.833. The van der Waals surface area contributed by atoms with Crippen LogP contribution in [0.3, 0.4) is 0 Å². The summed E-state index contributed by atoms with van der Waals surface area (Å²) in [5, 5.41) is 19.4. The zero-order valence-corrected chi connectivity index (χ0v) is 6.73. The second kappa shape index (κ2) is 5.90. The number of aliphatic hydroxyl groups is 1. The zero-order chi connectivity index (χ0) is 9.56. The third kappa shape index (κ3) is 6.05. The first kappa shape index (κ1) is 11.3. The van der Waals surface area contributed by atoms with Crippen LogP contribution in [0.2, 0.25) is 0 Å². The summed E-state index contributed by atoms with van der Waals surface area (Å²) in [5.41, 5.74) is 10.2. The molecule has 0 aliphatic carbocycles. The normalized spacial score (nSPS) is 15.6. The number of nitrogens with two attached hydrogens (primary N) is 2. The van der Waals surface area contributed by atoms with Gasteiger partial charge in [0.1, 0.15) is 6.04 Å². The highest BCUT2D eigenvalue weighted by atomic mass is 16.4. The Bertz CT molecular complexity index is 140. The van der Waals surface area contributed by atoms with Crippen molar-refractivity contribution in [3.63, 3.8) is 0 Å². The molecule has 0 aliphatic heterocycles. The van der Waals surface area contributed by atoms with Gasteiger partial charge in [-0.3, -0.25) is 15.8 Å². The number of nitrogens with one attached hydrogen (secondary N) is 1. The van der Waals surface area contributed by atoms with Gasteiger partial charge in [-0.25, -0.2) is 0 Å². The van der Waals surface area contributed by atoms with E-state index >= 15 is 0 Å². The van der Waals surface area contributed by atoms with Gasteiger partial charge in [-0.1, -0.05) is 0 Å². The van der Waals surface area contributed by atoms with E-state index in [2.05, 4.69) is 5.32 Å². The van der Waals surface area contributed by atoms with Crippen LogP contribution in [0.15, 0.2) is 0 Å². The fourth-order valence-corrected chi connectivity index (χ4v) is 0.695. The average Bonchev–Trinajstić information content (AvgIpc) is 1.97. The highest BCUT2D eigenvalue weighted by Crippen LogP contribution is 1.92. The van der Waals surface area contributed by atoms with Gasteiger partial charge in [0.15, 0.2) is 6.35 Å². The summed E-state index contributed by atoms with van der Waals surface area (Å²) in [6.07, 6.45) is -0.109. The number of aliphatic hydroxyl groups excluding tert-OH is 1. The minimum Gasteiger partial charge on any atom is -0.480 e. The molecule has 2 atom stereocenters. The Morgan fingerprint density at radius 3 is 2.50 bits per heavy atom. The first-order valence-electron chi connectivity index (χ1n) is 3.69. The van der Waals surface area contributed by atoms with Crippen molar-refractivity contribution in [1.29, 1.82) is 0 Å². The second-order valence-corrected chi connectivity index (χ2v) is 2.49. The third-order valence-electron chi connectivity index (χ3n) is 1.36. The maximum atomic E-state index is 10.2. The van der Waals surface area contributed by atoms with E-state index in [-0.39, 0.29) is 0 Å². The highest BCUT2D eigenvalue weighted by molar-refractivity contribution is 5.72. The first-order chi connectivity index (χ1) is 5.54. The summed E-state index contributed by atoms with van der Waals surface area (Å²) in [5.74, 6) is -1.01. The van der Waals surface area contributed by atoms with Crippen LogP contribution in [0.5, 0.6) is 0 Å². The number of carboxylic acids is 1. The van der Waals surface area contributed by atoms with Crippen LogP contribution in [0.4, 0.5) is 0 Å². The Hall–Kier alpha value is -0.690. The molecule has 0 aromatic heterocycles. The van der Waals surface area contributed by atoms with Crippen LogP contribution in [0, 0.1) is 0 Å². The molecular formula is C6H15N3O3. The van der Waals surface area contributed by atoms with Crippen LogP contribution in [0.25, 0.3) is 0 Å². The molecule has 6 nitrogen and oxygen atoms in total. The van der Waals surface area contributed by atoms with E-state index in [1.165, 1.54) is 0 Å². The van der Waals surface area contributed by atoms with Gasteiger partial charge in [0.05, 0.1) is 0 Å². The average molecular weight is 177 g/mol. The van der Waals surface area contributed by atoms with Gasteiger partial charge in [-0.2, -0.15) is 0 Å². The van der Waals surface area contributed by atoms with Gasteiger partial charge in [0, 0.05) is 0 Å². The lowest BCUT2D eigenvalue weighted by molar-refractivity contribution is -0.138. The van der Waals surface area contributed by atoms with Crippen molar-refractivity contribution in [2.45, 2.75) is 25.2 Å². The van der Waals surface area contributed by atoms with Crippen molar-refractivity contribution in [2.24, 2.45) is 11.5 Å². The quantitative estimate of drug-likeness (QED) is 0.236. The summed E-state index contributed by atoms with van der Waals surface area (Å²) in [6, 6.07) is -0.832. The molecule has 0 saturated carbocycles. The first-order valence-corrected chi connectivity index (χ1v) is 3.69. The van der Waals surface area contributed by atoms with Crippen molar-refractivity contribution in [3.8, 4) is 0 Å². The molecule has 72 valence electrons. The summed E-state index contributed by atoms with van der Waals surface area (Å²) in [4.78, 5) is 10.2. The van der Waals surface area contributed by atoms with Crippen LogP contribution >= 0.6 is 0 Å². The van der Waals surface area contributed by atoms with Crippen molar-refractivity contribution in [3.05, 3.63) is 0 Å². The smallest absolute Gasteiger partial charge is 0.320 e. The predicted octanol–water partition coefficient (Wildman–Crippen LogP) is -2.00. The van der Waals surface area contributed by atoms with Gasteiger partial charge in [0.25, 0.3) is 0 Å². The topological polar surface area (TPSA) is 122 Å². The van der Waals surface area contributed by atoms with Gasteiger partial charge >= 0.3 is 5.97 Å². The summed E-state index contributed by atoms with van der Waals surface area (Å²) in [6.45, 7) is 0.457. The second-order valence-electron chi connectivity index (χ2n) is 2.49. The molecule has 0 spiro atoms. The van der Waals surface area contributed by atoms with Gasteiger partial charge in [-0.15, -0.1) is 0 Å². The Balaban J connectivity index is 3.25. The molecule has 0 radical (unpaired) electrons. The molecule has 0 rings (SSSR count). The summed E-state index contributed by atoms with van der Waals surface area (Å²) in [7, 11) is 0. The number of carbonyl (C=O) groups is 1. The number of carboxylic acid groups (broad SMARTS) is 1. The van der Waals surface area contributed by atoms with Crippen LogP contribution in [-0.4, -0.2) is 35.1 Å². The van der Waals surface area contributed by atoms with E-state index in [0.717, 1.165) is 0 Å². The van der Waals surface area contributed by atoms with E-state index in [9.17, 15) is 4.79 Å². The Labute approximate surface area is 70.5 Å². The zero-order valence-electron chi connectivity index (χ0n) is 6.73. The van der Waals surface area contributed by atoms with Crippen molar-refractivity contribution >= 4 is 5.97 Å². The lowest BCUT2D eigenvalue weighted by Crippen LogP contribution is -2.38. The maximum absolute atomic E-state index is 10.2. The van der Waals surface area contributed by atoms with Gasteiger partial charge < -0.3 is 15.9 Å². The number of rotatable bonds is 6. The van der Waals surface area contributed by atoms with E-state index in [1.807, 2.05) is 0 Å². The highest BCUT2D eigenvalue weighted by Gasteiger charge is 2.09. The Morgan fingerprint density at radius 1 is 1.50 bits per heavy atom. The van der Waals surface area contributed by atoms with Gasteiger partial charge in [-0.05, 0) is 19.4 Å². The Kier molecular flexibility index (Phi) is 5.56. The minimum absolute atomic E-state index is 0.370. The largest absolute Gasteiger partial charge is 0.480 e. The number of hydrogen-bond donors (Lipinski definition) is 5. The SMILES string of the molecule is NC(O)NCCC[C@H](N)C(=O)O. The van der Waals surface area contributed by atoms with Crippen molar-refractivity contribution in [2.75, 3.05) is 6.54 Å². The molecule has 7 N–H and O–H groups in total. The van der Waals surface area contributed by atoms with Crippen LogP contribution < -0.4 is 16.8 Å². The fourth-order valence-electron chi connectivity index (χ4n) is 0.695. The monoisotopic (exact) mass is 177 g/mol. The molecule has 0 aromatic rings. The standard InChI is InChI=1S/C6H15N3O3/c7-4(5(10)11)2-1-3-9-6(8)12/h4,6,9,12H,1-3,7-8H2,(H,10,11)/t4-,6?/m0/s1. The number of hydrogen-bond acceptors (Lipinski definition) is 5. The van der Waals surface area contributed by atoms with Gasteiger partial charge in [0.2, 0.25) is 0 Å². The maximum Gasteiger partial charge on any atom is 0.320 e. The predicted molar refractivity (Wildman–Crippen MR) is 43.0 cm³/mol. The lowest BCUT2D eigenvalue weighted by atomic mass is 10.2. The molecule has 6 heteroatoms. The molecular weight excluding hydrogens is 162 g/mol. The molecule has 0 fully saturated rings.